The molecule has 1 aliphatic heterocycles. The largest absolute Gasteiger partial charge is 0.394 e. The molecule has 0 bridgehead atoms. The highest BCUT2D eigenvalue weighted by atomic mass is 16.3. The van der Waals surface area contributed by atoms with Crippen molar-refractivity contribution >= 4 is 5.91 Å². The van der Waals surface area contributed by atoms with Gasteiger partial charge in [-0.3, -0.25) is 4.79 Å². The lowest BCUT2D eigenvalue weighted by atomic mass is 10.0. The van der Waals surface area contributed by atoms with Crippen molar-refractivity contribution in [2.24, 2.45) is 5.73 Å². The van der Waals surface area contributed by atoms with Crippen molar-refractivity contribution in [2.45, 2.75) is 31.7 Å². The van der Waals surface area contributed by atoms with Crippen LogP contribution in [0.15, 0.2) is 0 Å². The van der Waals surface area contributed by atoms with Crippen LogP contribution in [0, 0.1) is 0 Å². The molecule has 0 spiro atoms. The minimum Gasteiger partial charge on any atom is -0.394 e. The van der Waals surface area contributed by atoms with Gasteiger partial charge in [0.2, 0.25) is 5.91 Å². The number of nitrogens with zero attached hydrogens (tertiary/aromatic N) is 1. The molecular formula is C9H18N2O2. The number of carbonyl (C=O) groups is 1. The molecule has 0 saturated carbocycles. The van der Waals surface area contributed by atoms with Crippen molar-refractivity contribution in [3.05, 3.63) is 0 Å². The van der Waals surface area contributed by atoms with E-state index in [0.717, 1.165) is 25.8 Å². The van der Waals surface area contributed by atoms with Crippen molar-refractivity contribution < 1.29 is 9.90 Å². The van der Waals surface area contributed by atoms with Gasteiger partial charge in [0, 0.05) is 19.5 Å². The number of hydrogen-bond acceptors (Lipinski definition) is 3. The van der Waals surface area contributed by atoms with Crippen molar-refractivity contribution in [1.82, 2.24) is 4.90 Å². The van der Waals surface area contributed by atoms with Crippen LogP contribution in [0.4, 0.5) is 0 Å². The first-order valence-electron chi connectivity index (χ1n) is 4.90. The zero-order valence-electron chi connectivity index (χ0n) is 7.91. The number of hydrogen-bond donors (Lipinski definition) is 2. The lowest BCUT2D eigenvalue weighted by Crippen LogP contribution is -2.46. The van der Waals surface area contributed by atoms with Crippen LogP contribution < -0.4 is 5.73 Å². The predicted molar refractivity (Wildman–Crippen MR) is 50.1 cm³/mol. The number of likely N-dealkylation sites (tertiary alicyclic amines) is 1. The van der Waals surface area contributed by atoms with Gasteiger partial charge in [-0.2, -0.15) is 0 Å². The summed E-state index contributed by atoms with van der Waals surface area (Å²) in [5.41, 5.74) is 5.31. The zero-order chi connectivity index (χ0) is 9.68. The maximum Gasteiger partial charge on any atom is 0.224 e. The summed E-state index contributed by atoms with van der Waals surface area (Å²) < 4.78 is 0. The quantitative estimate of drug-likeness (QED) is 0.636. The Labute approximate surface area is 78.7 Å². The Kier molecular flexibility index (Phi) is 4.18. The number of amides is 1. The van der Waals surface area contributed by atoms with Gasteiger partial charge in [-0.25, -0.2) is 0 Å². The normalized spacial score (nSPS) is 23.2. The molecule has 1 amide bonds. The molecule has 13 heavy (non-hydrogen) atoms. The molecule has 1 unspecified atom stereocenters. The van der Waals surface area contributed by atoms with Gasteiger partial charge < -0.3 is 15.7 Å². The Morgan fingerprint density at radius 1 is 1.54 bits per heavy atom. The number of piperidine rings is 1. The summed E-state index contributed by atoms with van der Waals surface area (Å²) in [6.45, 7) is 1.26. The van der Waals surface area contributed by atoms with Gasteiger partial charge in [0.05, 0.1) is 12.6 Å². The number of nitrogens with two attached hydrogens (primary N) is 1. The highest BCUT2D eigenvalue weighted by Gasteiger charge is 2.24. The first-order valence-corrected chi connectivity index (χ1v) is 4.90. The highest BCUT2D eigenvalue weighted by molar-refractivity contribution is 5.76. The second kappa shape index (κ2) is 5.19. The van der Waals surface area contributed by atoms with Gasteiger partial charge in [-0.1, -0.05) is 0 Å². The molecular weight excluding hydrogens is 168 g/mol. The standard InChI is InChI=1S/C9H18N2O2/c10-5-4-9(13)11-6-2-1-3-8(11)7-12/h8,12H,1-7,10H2. The third-order valence-corrected chi connectivity index (χ3v) is 2.52. The molecule has 1 rings (SSSR count). The molecule has 1 aliphatic rings. The van der Waals surface area contributed by atoms with E-state index in [9.17, 15) is 4.79 Å². The molecule has 0 aliphatic carbocycles. The third kappa shape index (κ3) is 2.67. The van der Waals surface area contributed by atoms with Crippen LogP contribution in [0.3, 0.4) is 0 Å². The maximum absolute atomic E-state index is 11.5. The van der Waals surface area contributed by atoms with E-state index >= 15 is 0 Å². The van der Waals surface area contributed by atoms with Crippen LogP contribution in [-0.2, 0) is 4.79 Å². The van der Waals surface area contributed by atoms with E-state index in [1.807, 2.05) is 0 Å². The molecule has 0 radical (unpaired) electrons. The van der Waals surface area contributed by atoms with Gasteiger partial charge in [-0.15, -0.1) is 0 Å². The molecule has 1 atom stereocenters. The molecule has 4 nitrogen and oxygen atoms in total. The average Bonchev–Trinajstić information content (AvgIpc) is 2.18. The van der Waals surface area contributed by atoms with Crippen LogP contribution in [0.1, 0.15) is 25.7 Å². The minimum absolute atomic E-state index is 0.0350. The molecule has 3 N–H and O–H groups in total. The number of carbonyl (C=O) groups excluding carboxylic acids is 1. The fourth-order valence-corrected chi connectivity index (χ4v) is 1.79. The lowest BCUT2D eigenvalue weighted by Gasteiger charge is -2.34. The summed E-state index contributed by atoms with van der Waals surface area (Å²) in [6.07, 6.45) is 3.48. The summed E-state index contributed by atoms with van der Waals surface area (Å²) in [5.74, 6) is 0.0845. The van der Waals surface area contributed by atoms with Crippen molar-refractivity contribution in [3.63, 3.8) is 0 Å². The molecule has 4 heteroatoms. The smallest absolute Gasteiger partial charge is 0.224 e. The fraction of sp³-hybridized carbons (Fsp3) is 0.889. The first kappa shape index (κ1) is 10.5. The van der Waals surface area contributed by atoms with E-state index in [-0.39, 0.29) is 18.6 Å². The molecule has 76 valence electrons. The Balaban J connectivity index is 2.48. The van der Waals surface area contributed by atoms with E-state index in [4.69, 9.17) is 10.8 Å². The molecule has 0 aromatic heterocycles. The highest BCUT2D eigenvalue weighted by Crippen LogP contribution is 2.17. The molecule has 1 saturated heterocycles. The van der Waals surface area contributed by atoms with Crippen molar-refractivity contribution in [1.29, 1.82) is 0 Å². The third-order valence-electron chi connectivity index (χ3n) is 2.52. The van der Waals surface area contributed by atoms with Crippen molar-refractivity contribution in [3.8, 4) is 0 Å². The van der Waals surface area contributed by atoms with Crippen LogP contribution in [0.25, 0.3) is 0 Å². The SMILES string of the molecule is NCCC(=O)N1CCCCC1CO. The van der Waals surface area contributed by atoms with E-state index in [2.05, 4.69) is 0 Å². The van der Waals surface area contributed by atoms with Crippen LogP contribution in [0.5, 0.6) is 0 Å². The first-order chi connectivity index (χ1) is 6.29. The number of rotatable bonds is 3. The summed E-state index contributed by atoms with van der Waals surface area (Å²) in [6, 6.07) is 0.0350. The van der Waals surface area contributed by atoms with Crippen molar-refractivity contribution in [2.75, 3.05) is 19.7 Å². The monoisotopic (exact) mass is 186 g/mol. The van der Waals surface area contributed by atoms with E-state index in [0.29, 0.717) is 13.0 Å². The summed E-state index contributed by atoms with van der Waals surface area (Å²) in [7, 11) is 0. The van der Waals surface area contributed by atoms with Gasteiger partial charge in [0.1, 0.15) is 0 Å². The van der Waals surface area contributed by atoms with Gasteiger partial charge in [-0.05, 0) is 19.3 Å². The Hall–Kier alpha value is -0.610. The lowest BCUT2D eigenvalue weighted by molar-refractivity contribution is -0.135. The molecule has 1 heterocycles. The van der Waals surface area contributed by atoms with Crippen LogP contribution in [-0.4, -0.2) is 41.7 Å². The predicted octanol–water partition coefficient (Wildman–Crippen LogP) is -0.291. The second-order valence-corrected chi connectivity index (χ2v) is 3.46. The molecule has 0 aromatic carbocycles. The second-order valence-electron chi connectivity index (χ2n) is 3.46. The maximum atomic E-state index is 11.5. The van der Waals surface area contributed by atoms with Crippen LogP contribution >= 0.6 is 0 Å². The summed E-state index contributed by atoms with van der Waals surface area (Å²) >= 11 is 0. The molecule has 0 aromatic rings. The van der Waals surface area contributed by atoms with Gasteiger partial charge in [0.15, 0.2) is 0 Å². The van der Waals surface area contributed by atoms with E-state index in [1.165, 1.54) is 0 Å². The van der Waals surface area contributed by atoms with Gasteiger partial charge in [0.25, 0.3) is 0 Å². The zero-order valence-corrected chi connectivity index (χ0v) is 7.91. The van der Waals surface area contributed by atoms with Crippen LogP contribution in [0.2, 0.25) is 0 Å². The van der Waals surface area contributed by atoms with E-state index < -0.39 is 0 Å². The van der Waals surface area contributed by atoms with Gasteiger partial charge >= 0.3 is 0 Å². The Morgan fingerprint density at radius 2 is 2.31 bits per heavy atom. The average molecular weight is 186 g/mol. The molecule has 1 fully saturated rings. The number of aliphatic hydroxyl groups is 1. The number of aliphatic hydroxyl groups excluding tert-OH is 1. The minimum atomic E-state index is 0.0350. The Bertz CT molecular complexity index is 173. The summed E-state index contributed by atoms with van der Waals surface area (Å²) in [5, 5.41) is 9.05. The fourth-order valence-electron chi connectivity index (χ4n) is 1.79. The summed E-state index contributed by atoms with van der Waals surface area (Å²) in [4.78, 5) is 13.3. The van der Waals surface area contributed by atoms with E-state index in [1.54, 1.807) is 4.90 Å². The Morgan fingerprint density at radius 3 is 2.92 bits per heavy atom. The topological polar surface area (TPSA) is 66.6 Å².